The molecule has 146 valence electrons. The van der Waals surface area contributed by atoms with Gasteiger partial charge in [0, 0.05) is 5.56 Å². The van der Waals surface area contributed by atoms with Crippen LogP contribution >= 0.6 is 0 Å². The van der Waals surface area contributed by atoms with Crippen molar-refractivity contribution in [3.05, 3.63) is 41.9 Å². The molecule has 0 aliphatic carbocycles. The Morgan fingerprint density at radius 2 is 1.89 bits per heavy atom. The maximum Gasteiger partial charge on any atom is 0.341 e. The standard InChI is InChI=1S/C18H19N5O5/c1-2-13-15(16(19)23-18(20)22-13)27-7-11-8-28-17(21-11)10-3-5-12(6-4-10)26-9-14(24)25/h3-6,8H,2,7,9H2,1H3,(H,24,25)(H4,19,20,22,23). The monoisotopic (exact) mass is 385 g/mol. The molecular weight excluding hydrogens is 366 g/mol. The fourth-order valence-electron chi connectivity index (χ4n) is 2.42. The highest BCUT2D eigenvalue weighted by Crippen LogP contribution is 2.26. The third-order valence-electron chi connectivity index (χ3n) is 3.69. The van der Waals surface area contributed by atoms with E-state index in [2.05, 4.69) is 15.0 Å². The number of benzene rings is 1. The molecule has 0 fully saturated rings. The molecule has 0 radical (unpaired) electrons. The number of nitrogen functional groups attached to an aromatic ring is 2. The summed E-state index contributed by atoms with van der Waals surface area (Å²) in [5.74, 6) is 0.431. The molecule has 0 atom stereocenters. The third-order valence-corrected chi connectivity index (χ3v) is 3.69. The quantitative estimate of drug-likeness (QED) is 0.522. The van der Waals surface area contributed by atoms with Gasteiger partial charge in [0.25, 0.3) is 0 Å². The van der Waals surface area contributed by atoms with Gasteiger partial charge in [0.15, 0.2) is 18.2 Å². The van der Waals surface area contributed by atoms with Crippen molar-refractivity contribution in [3.8, 4) is 23.0 Å². The lowest BCUT2D eigenvalue weighted by atomic mass is 10.2. The van der Waals surface area contributed by atoms with Crippen LogP contribution in [0.5, 0.6) is 11.5 Å². The van der Waals surface area contributed by atoms with Crippen molar-refractivity contribution in [2.45, 2.75) is 20.0 Å². The molecule has 0 aliphatic rings. The largest absolute Gasteiger partial charge is 0.482 e. The summed E-state index contributed by atoms with van der Waals surface area (Å²) < 4.78 is 16.3. The Hall–Kier alpha value is -3.82. The van der Waals surface area contributed by atoms with Crippen molar-refractivity contribution in [2.75, 3.05) is 18.1 Å². The Balaban J connectivity index is 1.67. The second-order valence-electron chi connectivity index (χ2n) is 5.74. The van der Waals surface area contributed by atoms with E-state index in [0.717, 1.165) is 0 Å². The van der Waals surface area contributed by atoms with Crippen LogP contribution in [0.15, 0.2) is 34.9 Å². The van der Waals surface area contributed by atoms with Gasteiger partial charge in [-0.25, -0.2) is 14.8 Å². The van der Waals surface area contributed by atoms with Gasteiger partial charge in [-0.2, -0.15) is 4.98 Å². The zero-order chi connectivity index (χ0) is 20.1. The normalized spacial score (nSPS) is 10.6. The van der Waals surface area contributed by atoms with E-state index in [1.165, 1.54) is 6.26 Å². The molecule has 3 aromatic rings. The smallest absolute Gasteiger partial charge is 0.341 e. The second-order valence-corrected chi connectivity index (χ2v) is 5.74. The summed E-state index contributed by atoms with van der Waals surface area (Å²) >= 11 is 0. The first-order valence-corrected chi connectivity index (χ1v) is 8.40. The second kappa shape index (κ2) is 8.25. The van der Waals surface area contributed by atoms with Gasteiger partial charge in [-0.1, -0.05) is 6.92 Å². The highest BCUT2D eigenvalue weighted by Gasteiger charge is 2.14. The van der Waals surface area contributed by atoms with Crippen molar-refractivity contribution in [2.24, 2.45) is 0 Å². The van der Waals surface area contributed by atoms with E-state index in [1.54, 1.807) is 24.3 Å². The lowest BCUT2D eigenvalue weighted by Crippen LogP contribution is -2.09. The molecular formula is C18H19N5O5. The lowest BCUT2D eigenvalue weighted by molar-refractivity contribution is -0.139. The maximum absolute atomic E-state index is 10.5. The number of hydrogen-bond donors (Lipinski definition) is 3. The zero-order valence-electron chi connectivity index (χ0n) is 15.1. The van der Waals surface area contributed by atoms with Gasteiger partial charge in [0.05, 0.1) is 5.69 Å². The summed E-state index contributed by atoms with van der Waals surface area (Å²) in [5.41, 5.74) is 13.3. The van der Waals surface area contributed by atoms with Crippen LogP contribution in [0.1, 0.15) is 18.3 Å². The predicted molar refractivity (Wildman–Crippen MR) is 99.6 cm³/mol. The van der Waals surface area contributed by atoms with Crippen LogP contribution < -0.4 is 20.9 Å². The molecule has 0 spiro atoms. The highest BCUT2D eigenvalue weighted by molar-refractivity contribution is 5.68. The molecule has 10 heteroatoms. The van der Waals surface area contributed by atoms with E-state index in [0.29, 0.717) is 40.8 Å². The molecule has 28 heavy (non-hydrogen) atoms. The van der Waals surface area contributed by atoms with E-state index in [9.17, 15) is 4.79 Å². The number of aromatic nitrogens is 3. The Morgan fingerprint density at radius 1 is 1.14 bits per heavy atom. The molecule has 3 rings (SSSR count). The van der Waals surface area contributed by atoms with Gasteiger partial charge in [0.2, 0.25) is 11.8 Å². The van der Waals surface area contributed by atoms with Crippen molar-refractivity contribution in [3.63, 3.8) is 0 Å². The number of rotatable bonds is 8. The Labute approximate surface area is 160 Å². The zero-order valence-corrected chi connectivity index (χ0v) is 15.1. The average Bonchev–Trinajstić information content (AvgIpc) is 3.14. The minimum atomic E-state index is -1.04. The van der Waals surface area contributed by atoms with Gasteiger partial charge in [0.1, 0.15) is 24.3 Å². The van der Waals surface area contributed by atoms with Gasteiger partial charge < -0.3 is 30.5 Å². The Morgan fingerprint density at radius 3 is 2.57 bits per heavy atom. The molecule has 2 aromatic heterocycles. The molecule has 2 heterocycles. The van der Waals surface area contributed by atoms with Crippen LogP contribution in [0.3, 0.4) is 0 Å². The van der Waals surface area contributed by atoms with Crippen LogP contribution in [0.25, 0.3) is 11.5 Å². The molecule has 1 aromatic carbocycles. The summed E-state index contributed by atoms with van der Waals surface area (Å²) in [5, 5.41) is 8.62. The minimum Gasteiger partial charge on any atom is -0.482 e. The summed E-state index contributed by atoms with van der Waals surface area (Å²) in [6.45, 7) is 1.62. The van der Waals surface area contributed by atoms with E-state index >= 15 is 0 Å². The number of hydrogen-bond acceptors (Lipinski definition) is 9. The molecule has 0 aliphatic heterocycles. The van der Waals surface area contributed by atoms with Crippen LogP contribution in [0, 0.1) is 0 Å². The number of nitrogens with zero attached hydrogens (tertiary/aromatic N) is 3. The number of anilines is 2. The number of oxazole rings is 1. The number of carbonyl (C=O) groups is 1. The first-order chi connectivity index (χ1) is 13.5. The molecule has 0 unspecified atom stereocenters. The van der Waals surface area contributed by atoms with Crippen LogP contribution in [-0.2, 0) is 17.8 Å². The Kier molecular flexibility index (Phi) is 5.58. The number of carboxylic acids is 1. The topological polar surface area (TPSA) is 160 Å². The number of carboxylic acid groups (broad SMARTS) is 1. The van der Waals surface area contributed by atoms with Crippen LogP contribution in [0.4, 0.5) is 11.8 Å². The third kappa shape index (κ3) is 4.47. The van der Waals surface area contributed by atoms with E-state index < -0.39 is 12.6 Å². The SMILES string of the molecule is CCc1nc(N)nc(N)c1OCc1coc(-c2ccc(OCC(=O)O)cc2)n1. The molecule has 0 amide bonds. The molecule has 0 bridgehead atoms. The maximum atomic E-state index is 10.5. The summed E-state index contributed by atoms with van der Waals surface area (Å²) in [7, 11) is 0. The van der Waals surface area contributed by atoms with E-state index in [1.807, 2.05) is 6.92 Å². The molecule has 5 N–H and O–H groups in total. The first-order valence-electron chi connectivity index (χ1n) is 8.40. The summed E-state index contributed by atoms with van der Waals surface area (Å²) in [6.07, 6.45) is 2.07. The molecule has 10 nitrogen and oxygen atoms in total. The number of ether oxygens (including phenoxy) is 2. The highest BCUT2D eigenvalue weighted by atomic mass is 16.5. The fourth-order valence-corrected chi connectivity index (χ4v) is 2.42. The number of aliphatic carboxylic acids is 1. The van der Waals surface area contributed by atoms with Gasteiger partial charge in [-0.3, -0.25) is 0 Å². The van der Waals surface area contributed by atoms with Crippen LogP contribution in [0.2, 0.25) is 0 Å². The minimum absolute atomic E-state index is 0.0983. The molecule has 0 saturated carbocycles. The van der Waals surface area contributed by atoms with Crippen molar-refractivity contribution >= 4 is 17.7 Å². The number of nitrogens with two attached hydrogens (primary N) is 2. The average molecular weight is 385 g/mol. The first kappa shape index (κ1) is 19.0. The van der Waals surface area contributed by atoms with E-state index in [-0.39, 0.29) is 18.4 Å². The van der Waals surface area contributed by atoms with Gasteiger partial charge >= 0.3 is 5.97 Å². The number of aryl methyl sites for hydroxylation is 1. The van der Waals surface area contributed by atoms with Crippen LogP contribution in [-0.4, -0.2) is 32.6 Å². The van der Waals surface area contributed by atoms with Crippen molar-refractivity contribution in [1.29, 1.82) is 0 Å². The summed E-state index contributed by atoms with van der Waals surface area (Å²) in [6, 6.07) is 6.71. The predicted octanol–water partition coefficient (Wildman–Crippen LogP) is 1.90. The van der Waals surface area contributed by atoms with E-state index in [4.69, 9.17) is 30.5 Å². The summed E-state index contributed by atoms with van der Waals surface area (Å²) in [4.78, 5) is 22.9. The lowest BCUT2D eigenvalue weighted by Gasteiger charge is -2.10. The van der Waals surface area contributed by atoms with Gasteiger partial charge in [-0.15, -0.1) is 0 Å². The van der Waals surface area contributed by atoms with Crippen molar-refractivity contribution in [1.82, 2.24) is 15.0 Å². The van der Waals surface area contributed by atoms with Gasteiger partial charge in [-0.05, 0) is 30.7 Å². The van der Waals surface area contributed by atoms with Crippen molar-refractivity contribution < 1.29 is 23.8 Å². The fraction of sp³-hybridized carbons (Fsp3) is 0.222. The molecule has 0 saturated heterocycles. The Bertz CT molecular complexity index is 971.